The molecule has 2 heterocycles. The van der Waals surface area contributed by atoms with Crippen molar-refractivity contribution >= 4 is 12.0 Å². The first kappa shape index (κ1) is 14.5. The van der Waals surface area contributed by atoms with Gasteiger partial charge in [-0.25, -0.2) is 4.79 Å². The van der Waals surface area contributed by atoms with Crippen LogP contribution in [0.5, 0.6) is 0 Å². The zero-order valence-electron chi connectivity index (χ0n) is 10.0. The Labute approximate surface area is 110 Å². The van der Waals surface area contributed by atoms with Crippen molar-refractivity contribution in [2.24, 2.45) is 0 Å². The molecule has 1 fully saturated rings. The van der Waals surface area contributed by atoms with Crippen LogP contribution in [-0.4, -0.2) is 50.2 Å². The summed E-state index contributed by atoms with van der Waals surface area (Å²) in [5, 5.41) is 25.8. The van der Waals surface area contributed by atoms with Gasteiger partial charge in [-0.15, -0.1) is 0 Å². The van der Waals surface area contributed by atoms with Crippen LogP contribution in [0.25, 0.3) is 0 Å². The zero-order chi connectivity index (χ0) is 15.1. The van der Waals surface area contributed by atoms with E-state index in [1.54, 1.807) is 0 Å². The molecule has 3 atom stereocenters. The van der Waals surface area contributed by atoms with Crippen molar-refractivity contribution in [3.8, 4) is 0 Å². The van der Waals surface area contributed by atoms with E-state index in [9.17, 15) is 18.7 Å². The van der Waals surface area contributed by atoms with Crippen LogP contribution in [0.15, 0.2) is 17.1 Å². The highest BCUT2D eigenvalue weighted by Crippen LogP contribution is 2.46. The minimum atomic E-state index is -3.90. The summed E-state index contributed by atoms with van der Waals surface area (Å²) < 4.78 is 33.4. The number of halogens is 2. The first-order valence-corrected chi connectivity index (χ1v) is 5.49. The molecule has 0 unspecified atom stereocenters. The van der Waals surface area contributed by atoms with E-state index < -0.39 is 36.2 Å². The lowest BCUT2D eigenvalue weighted by atomic mass is 9.97. The Morgan fingerprint density at radius 1 is 1.65 bits per heavy atom. The molecule has 10 heteroatoms. The maximum atomic E-state index is 14.0. The first-order valence-electron chi connectivity index (χ1n) is 5.49. The lowest BCUT2D eigenvalue weighted by Crippen LogP contribution is -2.50. The summed E-state index contributed by atoms with van der Waals surface area (Å²) in [6.45, 7) is -1.04. The van der Waals surface area contributed by atoms with E-state index in [0.29, 0.717) is 10.8 Å². The van der Waals surface area contributed by atoms with E-state index in [2.05, 4.69) is 4.98 Å². The fourth-order valence-electron chi connectivity index (χ4n) is 1.94. The monoisotopic (exact) mass is 290 g/mol. The Hall–Kier alpha value is -1.91. The van der Waals surface area contributed by atoms with E-state index >= 15 is 0 Å². The summed E-state index contributed by atoms with van der Waals surface area (Å²) in [5.41, 5.74) is 1.87. The number of nitrogens with zero attached hydrogens (tertiary/aromatic N) is 2. The lowest BCUT2D eigenvalue weighted by Gasteiger charge is -2.24. The molecule has 0 spiro atoms. The number of alkyl halides is 2. The largest absolute Gasteiger partial charge is 0.393 e. The van der Waals surface area contributed by atoms with Crippen molar-refractivity contribution in [2.45, 2.75) is 23.9 Å². The Kier molecular flexibility index (Phi) is 3.32. The topological polar surface area (TPSA) is 134 Å². The molecule has 1 aromatic rings. The highest BCUT2D eigenvalue weighted by Gasteiger charge is 2.66. The molecule has 1 aliphatic rings. The number of nitrogens with two attached hydrogens (primary N) is 1. The fourth-order valence-corrected chi connectivity index (χ4v) is 1.94. The molecule has 0 saturated carbocycles. The number of hydrogen-bond acceptors (Lipinski definition) is 7. The predicted octanol–water partition coefficient (Wildman–Crippen LogP) is -1.27. The van der Waals surface area contributed by atoms with E-state index in [0.717, 1.165) is 12.3 Å². The highest BCUT2D eigenvalue weighted by molar-refractivity contribution is 5.68. The number of anilines is 1. The molecule has 1 aliphatic heterocycles. The number of ether oxygens (including phenoxy) is 1. The van der Waals surface area contributed by atoms with Crippen LogP contribution < -0.4 is 11.4 Å². The van der Waals surface area contributed by atoms with Crippen molar-refractivity contribution in [1.82, 2.24) is 9.55 Å². The van der Waals surface area contributed by atoms with Gasteiger partial charge in [-0.05, 0) is 6.07 Å². The summed E-state index contributed by atoms with van der Waals surface area (Å²) in [6.07, 6.45) is -3.37. The quantitative estimate of drug-likeness (QED) is 0.513. The second kappa shape index (κ2) is 4.58. The van der Waals surface area contributed by atoms with Crippen LogP contribution in [0, 0.1) is 5.41 Å². The number of nitrogens with one attached hydrogen (secondary N) is 1. The van der Waals surface area contributed by atoms with Gasteiger partial charge in [-0.3, -0.25) is 4.57 Å². The molecule has 8 nitrogen and oxygen atoms in total. The number of aliphatic hydroxyl groups excluding tert-OH is 2. The maximum absolute atomic E-state index is 14.0. The van der Waals surface area contributed by atoms with Gasteiger partial charge in [-0.2, -0.15) is 13.8 Å². The van der Waals surface area contributed by atoms with E-state index in [1.165, 1.54) is 0 Å². The average Bonchev–Trinajstić information content (AvgIpc) is 2.60. The van der Waals surface area contributed by atoms with Gasteiger partial charge in [0.05, 0.1) is 6.61 Å². The highest BCUT2D eigenvalue weighted by atomic mass is 19.3. The van der Waals surface area contributed by atoms with E-state index in [4.69, 9.17) is 21.0 Å². The Morgan fingerprint density at radius 2 is 2.30 bits per heavy atom. The van der Waals surface area contributed by atoms with Crippen molar-refractivity contribution < 1.29 is 23.7 Å². The molecule has 0 radical (unpaired) electrons. The second-order valence-electron chi connectivity index (χ2n) is 4.35. The second-order valence-corrected chi connectivity index (χ2v) is 4.35. The summed E-state index contributed by atoms with van der Waals surface area (Å²) in [7, 11) is 0. The average molecular weight is 290 g/mol. The summed E-state index contributed by atoms with van der Waals surface area (Å²) >= 11 is 0. The lowest BCUT2D eigenvalue weighted by molar-refractivity contribution is -0.141. The third kappa shape index (κ3) is 1.88. The molecule has 0 aromatic carbocycles. The van der Waals surface area contributed by atoms with Crippen molar-refractivity contribution in [1.29, 1.82) is 5.41 Å². The zero-order valence-corrected chi connectivity index (χ0v) is 10.0. The van der Waals surface area contributed by atoms with Gasteiger partial charge in [0, 0.05) is 12.4 Å². The molecule has 1 aromatic heterocycles. The molecule has 5 N–H and O–H groups in total. The summed E-state index contributed by atoms with van der Waals surface area (Å²) in [6, 6.07) is 1.11. The molecule has 2 rings (SSSR count). The molecular weight excluding hydrogens is 278 g/mol. The third-order valence-electron chi connectivity index (χ3n) is 3.08. The van der Waals surface area contributed by atoms with Gasteiger partial charge in [0.25, 0.3) is 0 Å². The fraction of sp³-hybridized carbons (Fsp3) is 0.500. The van der Waals surface area contributed by atoms with E-state index in [1.807, 2.05) is 0 Å². The minimum Gasteiger partial charge on any atom is -0.393 e. The van der Waals surface area contributed by atoms with Crippen LogP contribution in [0.1, 0.15) is 6.23 Å². The maximum Gasteiger partial charge on any atom is 0.351 e. The first-order chi connectivity index (χ1) is 9.28. The third-order valence-corrected chi connectivity index (χ3v) is 3.08. The van der Waals surface area contributed by atoms with Gasteiger partial charge in [0.2, 0.25) is 6.23 Å². The van der Waals surface area contributed by atoms with Crippen molar-refractivity contribution in [2.75, 3.05) is 12.3 Å². The molecule has 0 bridgehead atoms. The van der Waals surface area contributed by atoms with Gasteiger partial charge in [0.15, 0.2) is 11.7 Å². The Bertz CT molecular complexity index is 593. The van der Waals surface area contributed by atoms with Crippen LogP contribution in [-0.2, 0) is 4.74 Å². The predicted molar refractivity (Wildman–Crippen MR) is 62.6 cm³/mol. The molecule has 0 amide bonds. The van der Waals surface area contributed by atoms with Crippen LogP contribution in [0.3, 0.4) is 0 Å². The number of aliphatic hydroxyl groups is 2. The summed E-state index contributed by atoms with van der Waals surface area (Å²) in [4.78, 5) is 14.8. The number of aromatic nitrogens is 2. The normalized spacial score (nSPS) is 32.2. The van der Waals surface area contributed by atoms with E-state index in [-0.39, 0.29) is 5.82 Å². The minimum absolute atomic E-state index is 0.159. The molecular formula is C10H12F2N4O4. The molecule has 0 aliphatic carbocycles. The summed E-state index contributed by atoms with van der Waals surface area (Å²) in [5.74, 6) is -4.06. The number of nitrogen functional groups attached to an aromatic ring is 1. The number of hydrogen-bond donors (Lipinski definition) is 4. The number of rotatable bonds is 3. The van der Waals surface area contributed by atoms with Crippen LogP contribution >= 0.6 is 0 Å². The van der Waals surface area contributed by atoms with Crippen LogP contribution in [0.4, 0.5) is 14.6 Å². The van der Waals surface area contributed by atoms with Crippen molar-refractivity contribution in [3.05, 3.63) is 22.7 Å². The molecule has 1 saturated heterocycles. The molecule has 110 valence electrons. The SMILES string of the molecule is N=C[C@]1(CO)O[C@@H](n2ccc(N)nc2=O)C(F)(F)[C@@H]1O. The van der Waals surface area contributed by atoms with Crippen molar-refractivity contribution in [3.63, 3.8) is 0 Å². The molecule has 20 heavy (non-hydrogen) atoms. The van der Waals surface area contributed by atoms with Gasteiger partial charge < -0.3 is 26.1 Å². The van der Waals surface area contributed by atoms with Crippen LogP contribution in [0.2, 0.25) is 0 Å². The van der Waals surface area contributed by atoms with Gasteiger partial charge in [0.1, 0.15) is 5.82 Å². The Balaban J connectivity index is 2.52. The Morgan fingerprint density at radius 3 is 2.75 bits per heavy atom. The van der Waals surface area contributed by atoms with Gasteiger partial charge >= 0.3 is 11.6 Å². The standard InChI is InChI=1S/C10H12F2N4O4/c11-10(12)6(18)9(3-13,4-17)20-7(10)16-2-1-5(14)15-8(16)19/h1-3,6-7,13,17-18H,4H2,(H2,14,15,19)/t6-,7-,9-/m1/s1. The van der Waals surface area contributed by atoms with Gasteiger partial charge in [-0.1, -0.05) is 0 Å². The smallest absolute Gasteiger partial charge is 0.351 e.